The fourth-order valence-electron chi connectivity index (χ4n) is 2.29. The number of hydrogen-bond acceptors (Lipinski definition) is 6. The average molecular weight is 350 g/mol. The maximum absolute atomic E-state index is 12.9. The molecule has 0 aliphatic rings. The monoisotopic (exact) mass is 350 g/mol. The smallest absolute Gasteiger partial charge is 0.311 e. The molecule has 0 spiro atoms. The van der Waals surface area contributed by atoms with Crippen LogP contribution in [0.15, 0.2) is 54.6 Å². The summed E-state index contributed by atoms with van der Waals surface area (Å²) in [6, 6.07) is 15.4. The van der Waals surface area contributed by atoms with Gasteiger partial charge in [-0.25, -0.2) is 0 Å². The highest BCUT2D eigenvalue weighted by atomic mass is 31.2. The lowest BCUT2D eigenvalue weighted by Crippen LogP contribution is -2.22. The molecule has 0 aliphatic carbocycles. The zero-order valence-corrected chi connectivity index (χ0v) is 14.3. The number of nitrogens with zero attached hydrogens (tertiary/aromatic N) is 1. The molecule has 24 heavy (non-hydrogen) atoms. The number of benzene rings is 2. The Bertz CT molecular complexity index is 713. The first kappa shape index (κ1) is 18.3. The number of nitrogens with one attached hydrogen (secondary N) is 1. The molecule has 0 amide bonds. The van der Waals surface area contributed by atoms with Crippen LogP contribution in [0.1, 0.15) is 16.9 Å². The van der Waals surface area contributed by atoms with Gasteiger partial charge in [0.15, 0.2) is 0 Å². The van der Waals surface area contributed by atoms with Crippen molar-refractivity contribution in [2.45, 2.75) is 12.3 Å². The predicted molar refractivity (Wildman–Crippen MR) is 90.7 cm³/mol. The van der Waals surface area contributed by atoms with E-state index < -0.39 is 18.3 Å². The van der Waals surface area contributed by atoms with Crippen LogP contribution in [0.25, 0.3) is 0 Å². The third kappa shape index (κ3) is 4.27. The molecule has 128 valence electrons. The number of non-ortho nitro benzene ring substituents is 1. The van der Waals surface area contributed by atoms with Gasteiger partial charge in [-0.2, -0.15) is 0 Å². The molecule has 8 heteroatoms. The second kappa shape index (κ2) is 8.17. The molecule has 0 aliphatic heterocycles. The van der Waals surface area contributed by atoms with E-state index in [-0.39, 0.29) is 5.69 Å². The van der Waals surface area contributed by atoms with Crippen molar-refractivity contribution in [2.75, 3.05) is 14.2 Å². The van der Waals surface area contributed by atoms with Crippen LogP contribution in [0.2, 0.25) is 0 Å². The molecule has 0 heterocycles. The number of nitro benzene ring substituents is 1. The number of hydrogen-bond donors (Lipinski definition) is 1. The number of nitro groups is 1. The lowest BCUT2D eigenvalue weighted by Gasteiger charge is -2.25. The van der Waals surface area contributed by atoms with E-state index in [9.17, 15) is 14.7 Å². The van der Waals surface area contributed by atoms with Gasteiger partial charge in [-0.3, -0.25) is 20.0 Å². The summed E-state index contributed by atoms with van der Waals surface area (Å²) in [7, 11) is -0.845. The first-order chi connectivity index (χ1) is 11.5. The van der Waals surface area contributed by atoms with Gasteiger partial charge in [0.25, 0.3) is 5.69 Å². The summed E-state index contributed by atoms with van der Waals surface area (Å²) in [4.78, 5) is 10.3. The normalized spacial score (nSPS) is 12.8. The minimum Gasteiger partial charge on any atom is -0.311 e. The van der Waals surface area contributed by atoms with E-state index in [1.165, 1.54) is 26.4 Å². The van der Waals surface area contributed by atoms with E-state index in [0.717, 1.165) is 5.56 Å². The molecule has 0 saturated heterocycles. The predicted octanol–water partition coefficient (Wildman–Crippen LogP) is 3.87. The van der Waals surface area contributed by atoms with Crippen molar-refractivity contribution < 1.29 is 18.5 Å². The summed E-state index contributed by atoms with van der Waals surface area (Å²) < 4.78 is 23.1. The van der Waals surface area contributed by atoms with E-state index in [2.05, 4.69) is 5.32 Å². The minimum atomic E-state index is -3.47. The lowest BCUT2D eigenvalue weighted by atomic mass is 10.2. The second-order valence-corrected chi connectivity index (χ2v) is 7.35. The van der Waals surface area contributed by atoms with Gasteiger partial charge in [-0.1, -0.05) is 30.3 Å². The van der Waals surface area contributed by atoms with Crippen LogP contribution in [0.5, 0.6) is 0 Å². The average Bonchev–Trinajstić information content (AvgIpc) is 2.62. The fraction of sp³-hybridized carbons (Fsp3) is 0.250. The summed E-state index contributed by atoms with van der Waals surface area (Å²) >= 11 is 0. The zero-order chi connectivity index (χ0) is 17.6. The summed E-state index contributed by atoms with van der Waals surface area (Å²) in [6.07, 6.45) is 0. The van der Waals surface area contributed by atoms with Crippen molar-refractivity contribution in [3.05, 3.63) is 75.8 Å². The molecule has 1 unspecified atom stereocenters. The molecule has 2 rings (SSSR count). The van der Waals surface area contributed by atoms with E-state index in [1.54, 1.807) is 12.1 Å². The molecule has 1 N–H and O–H groups in total. The van der Waals surface area contributed by atoms with Gasteiger partial charge in [0.1, 0.15) is 5.78 Å². The van der Waals surface area contributed by atoms with Gasteiger partial charge in [-0.15, -0.1) is 0 Å². The van der Waals surface area contributed by atoms with Crippen molar-refractivity contribution in [2.24, 2.45) is 0 Å². The van der Waals surface area contributed by atoms with Gasteiger partial charge >= 0.3 is 7.60 Å². The molecular weight excluding hydrogens is 331 g/mol. The molecule has 2 aromatic rings. The van der Waals surface area contributed by atoms with Crippen molar-refractivity contribution in [3.8, 4) is 0 Å². The van der Waals surface area contributed by atoms with E-state index >= 15 is 0 Å². The van der Waals surface area contributed by atoms with Gasteiger partial charge in [0, 0.05) is 32.9 Å². The summed E-state index contributed by atoms with van der Waals surface area (Å²) in [5.74, 6) is -0.742. The van der Waals surface area contributed by atoms with Crippen LogP contribution in [-0.2, 0) is 20.2 Å². The molecule has 0 aromatic heterocycles. The maximum atomic E-state index is 12.9. The molecule has 1 atom stereocenters. The van der Waals surface area contributed by atoms with Crippen LogP contribution in [0.3, 0.4) is 0 Å². The van der Waals surface area contributed by atoms with Crippen molar-refractivity contribution in [3.63, 3.8) is 0 Å². The molecule has 0 radical (unpaired) electrons. The molecule has 7 nitrogen and oxygen atoms in total. The Balaban J connectivity index is 2.28. The van der Waals surface area contributed by atoms with Gasteiger partial charge in [0.05, 0.1) is 4.92 Å². The third-order valence-electron chi connectivity index (χ3n) is 3.59. The van der Waals surface area contributed by atoms with Crippen molar-refractivity contribution in [1.29, 1.82) is 0 Å². The van der Waals surface area contributed by atoms with E-state index in [0.29, 0.717) is 12.1 Å². The second-order valence-electron chi connectivity index (χ2n) is 5.02. The van der Waals surface area contributed by atoms with Crippen molar-refractivity contribution >= 4 is 13.3 Å². The Morgan fingerprint density at radius 1 is 1.08 bits per heavy atom. The SMILES string of the molecule is COP(=O)(OC)C(NCc1ccccc1)c1ccc([N+](=O)[O-])cc1. The largest absolute Gasteiger partial charge is 0.351 e. The van der Waals surface area contributed by atoms with Crippen LogP contribution in [0, 0.1) is 10.1 Å². The maximum Gasteiger partial charge on any atom is 0.351 e. The van der Waals surface area contributed by atoms with Crippen molar-refractivity contribution in [1.82, 2.24) is 5.32 Å². The third-order valence-corrected chi connectivity index (χ3v) is 5.72. The standard InChI is InChI=1S/C16H19N2O5P/c1-22-24(21,23-2)16(17-12-13-6-4-3-5-7-13)14-8-10-15(11-9-14)18(19)20/h3-11,16-17H,12H2,1-2H3. The van der Waals surface area contributed by atoms with Crippen LogP contribution >= 0.6 is 7.60 Å². The Labute approximate surface area is 140 Å². The topological polar surface area (TPSA) is 90.7 Å². The van der Waals surface area contributed by atoms with Crippen LogP contribution < -0.4 is 5.32 Å². The highest BCUT2D eigenvalue weighted by Crippen LogP contribution is 2.58. The summed E-state index contributed by atoms with van der Waals surface area (Å²) in [5, 5.41) is 13.9. The Hall–Kier alpha value is -2.05. The lowest BCUT2D eigenvalue weighted by molar-refractivity contribution is -0.384. The van der Waals surface area contributed by atoms with E-state index in [1.807, 2.05) is 30.3 Å². The van der Waals surface area contributed by atoms with E-state index in [4.69, 9.17) is 9.05 Å². The van der Waals surface area contributed by atoms with Crippen LogP contribution in [0.4, 0.5) is 5.69 Å². The molecular formula is C16H19N2O5P. The number of rotatable bonds is 8. The Morgan fingerprint density at radius 3 is 2.17 bits per heavy atom. The first-order valence-electron chi connectivity index (χ1n) is 7.23. The Morgan fingerprint density at radius 2 is 1.67 bits per heavy atom. The molecule has 2 aromatic carbocycles. The zero-order valence-electron chi connectivity index (χ0n) is 13.4. The van der Waals surface area contributed by atoms with Gasteiger partial charge < -0.3 is 9.05 Å². The highest BCUT2D eigenvalue weighted by molar-refractivity contribution is 7.54. The fourth-order valence-corrected chi connectivity index (χ4v) is 3.71. The molecule has 0 bridgehead atoms. The first-order valence-corrected chi connectivity index (χ1v) is 8.84. The van der Waals surface area contributed by atoms with Gasteiger partial charge in [0.2, 0.25) is 0 Å². The van der Waals surface area contributed by atoms with Gasteiger partial charge in [-0.05, 0) is 23.3 Å². The summed E-state index contributed by atoms with van der Waals surface area (Å²) in [6.45, 7) is 0.444. The molecule has 0 saturated carbocycles. The van der Waals surface area contributed by atoms with Crippen LogP contribution in [-0.4, -0.2) is 19.1 Å². The minimum absolute atomic E-state index is 0.0368. The molecule has 0 fully saturated rings. The highest BCUT2D eigenvalue weighted by Gasteiger charge is 2.35. The quantitative estimate of drug-likeness (QED) is 0.441. The summed E-state index contributed by atoms with van der Waals surface area (Å²) in [5.41, 5.74) is 1.55. The Kier molecular flexibility index (Phi) is 6.23.